The molecule has 2 aromatic rings. The van der Waals surface area contributed by atoms with Crippen LogP contribution in [0.5, 0.6) is 0 Å². The smallest absolute Gasteiger partial charge is 0.322 e. The molecule has 3 amide bonds. The number of nitrogens with one attached hydrogen (secondary N) is 2. The van der Waals surface area contributed by atoms with Gasteiger partial charge in [0.15, 0.2) is 0 Å². The molecule has 0 aliphatic carbocycles. The van der Waals surface area contributed by atoms with Crippen LogP contribution in [-0.4, -0.2) is 35.0 Å². The second-order valence-corrected chi connectivity index (χ2v) is 7.90. The Morgan fingerprint density at radius 1 is 0.929 bits per heavy atom. The molecule has 5 heteroatoms. The molecule has 2 fully saturated rings. The first-order chi connectivity index (χ1) is 13.6. The first-order valence-electron chi connectivity index (χ1n) is 10.1. The van der Waals surface area contributed by atoms with Crippen LogP contribution in [0.1, 0.15) is 48.0 Å². The molecule has 2 bridgehead atoms. The molecule has 0 aromatic heterocycles. The first kappa shape index (κ1) is 18.5. The second kappa shape index (κ2) is 8.05. The number of piperidine rings is 2. The Balaban J connectivity index is 1.43. The van der Waals surface area contributed by atoms with Gasteiger partial charge >= 0.3 is 6.03 Å². The molecule has 146 valence electrons. The highest BCUT2D eigenvalue weighted by molar-refractivity contribution is 5.94. The zero-order valence-corrected chi connectivity index (χ0v) is 16.2. The van der Waals surface area contributed by atoms with E-state index in [4.69, 9.17) is 0 Å². The fourth-order valence-electron chi connectivity index (χ4n) is 4.58. The second-order valence-electron chi connectivity index (χ2n) is 7.90. The van der Waals surface area contributed by atoms with E-state index in [0.29, 0.717) is 5.56 Å². The summed E-state index contributed by atoms with van der Waals surface area (Å²) in [5, 5.41) is 6.27. The highest BCUT2D eigenvalue weighted by atomic mass is 16.2. The van der Waals surface area contributed by atoms with Crippen LogP contribution in [0.25, 0.3) is 0 Å². The van der Waals surface area contributed by atoms with Gasteiger partial charge in [0.2, 0.25) is 0 Å². The molecule has 0 radical (unpaired) electrons. The number of urea groups is 1. The van der Waals surface area contributed by atoms with Gasteiger partial charge in [0.25, 0.3) is 5.91 Å². The van der Waals surface area contributed by atoms with Crippen LogP contribution in [0, 0.1) is 6.92 Å². The first-order valence-corrected chi connectivity index (χ1v) is 10.1. The number of rotatable bonds is 3. The Labute approximate surface area is 166 Å². The lowest BCUT2D eigenvalue weighted by Gasteiger charge is -2.48. The Bertz CT molecular complexity index is 838. The fraction of sp³-hybridized carbons (Fsp3) is 0.391. The van der Waals surface area contributed by atoms with Crippen LogP contribution >= 0.6 is 0 Å². The summed E-state index contributed by atoms with van der Waals surface area (Å²) in [6.07, 6.45) is 4.76. The van der Waals surface area contributed by atoms with E-state index >= 15 is 0 Å². The number of para-hydroxylation sites is 1. The minimum absolute atomic E-state index is 0.0168. The lowest BCUT2D eigenvalue weighted by Crippen LogP contribution is -2.59. The number of carbonyl (C=O) groups excluding carboxylic acids is 2. The van der Waals surface area contributed by atoms with Crippen molar-refractivity contribution >= 4 is 17.6 Å². The third-order valence-corrected chi connectivity index (χ3v) is 5.97. The molecule has 0 saturated carbocycles. The van der Waals surface area contributed by atoms with E-state index in [-0.39, 0.29) is 30.1 Å². The van der Waals surface area contributed by atoms with Gasteiger partial charge in [0, 0.05) is 29.4 Å². The van der Waals surface area contributed by atoms with Crippen LogP contribution in [0.2, 0.25) is 0 Å². The topological polar surface area (TPSA) is 61.4 Å². The van der Waals surface area contributed by atoms with Crippen molar-refractivity contribution in [1.82, 2.24) is 10.2 Å². The number of nitrogens with zero attached hydrogens (tertiary/aromatic N) is 1. The molecule has 2 N–H and O–H groups in total. The van der Waals surface area contributed by atoms with E-state index in [2.05, 4.69) is 10.6 Å². The number of anilines is 1. The number of benzene rings is 2. The lowest BCUT2D eigenvalue weighted by atomic mass is 9.82. The molecule has 2 aliphatic heterocycles. The average Bonchev–Trinajstić information content (AvgIpc) is 2.69. The summed E-state index contributed by atoms with van der Waals surface area (Å²) < 4.78 is 0. The van der Waals surface area contributed by atoms with E-state index in [1.165, 1.54) is 0 Å². The van der Waals surface area contributed by atoms with E-state index in [1.807, 2.05) is 66.4 Å². The molecule has 2 saturated heterocycles. The van der Waals surface area contributed by atoms with Crippen LogP contribution in [0.4, 0.5) is 10.5 Å². The quantitative estimate of drug-likeness (QED) is 0.836. The number of hydrogen-bond donors (Lipinski definition) is 2. The summed E-state index contributed by atoms with van der Waals surface area (Å²) in [6, 6.07) is 17.6. The lowest BCUT2D eigenvalue weighted by molar-refractivity contribution is 0.0577. The normalized spacial score (nSPS) is 23.8. The van der Waals surface area contributed by atoms with Crippen molar-refractivity contribution in [2.45, 2.75) is 57.2 Å². The molecular weight excluding hydrogens is 350 g/mol. The SMILES string of the molecule is Cc1ccccc1NC(=O)N1[C@@H]2CCC[C@@H]1CC(NC(=O)c1ccccc1)C2. The number of fused-ring (bicyclic) bond motifs is 2. The monoisotopic (exact) mass is 377 g/mol. The highest BCUT2D eigenvalue weighted by Gasteiger charge is 2.41. The highest BCUT2D eigenvalue weighted by Crippen LogP contribution is 2.35. The van der Waals surface area contributed by atoms with E-state index in [1.54, 1.807) is 0 Å². The maximum absolute atomic E-state index is 13.0. The number of aryl methyl sites for hydroxylation is 1. The van der Waals surface area contributed by atoms with Crippen LogP contribution in [0.3, 0.4) is 0 Å². The Morgan fingerprint density at radius 2 is 1.57 bits per heavy atom. The average molecular weight is 377 g/mol. The van der Waals surface area contributed by atoms with Crippen molar-refractivity contribution in [3.63, 3.8) is 0 Å². The number of hydrogen-bond acceptors (Lipinski definition) is 2. The van der Waals surface area contributed by atoms with Gasteiger partial charge in [-0.1, -0.05) is 36.4 Å². The van der Waals surface area contributed by atoms with Crippen LogP contribution < -0.4 is 10.6 Å². The molecule has 2 atom stereocenters. The summed E-state index contributed by atoms with van der Waals surface area (Å²) in [7, 11) is 0. The fourth-order valence-corrected chi connectivity index (χ4v) is 4.58. The van der Waals surface area contributed by atoms with Crippen molar-refractivity contribution in [3.8, 4) is 0 Å². The third-order valence-electron chi connectivity index (χ3n) is 5.97. The van der Waals surface area contributed by atoms with Crippen molar-refractivity contribution < 1.29 is 9.59 Å². The van der Waals surface area contributed by atoms with Crippen molar-refractivity contribution in [2.24, 2.45) is 0 Å². The van der Waals surface area contributed by atoms with E-state index in [0.717, 1.165) is 43.4 Å². The summed E-state index contributed by atoms with van der Waals surface area (Å²) in [5.74, 6) is -0.0264. The zero-order chi connectivity index (χ0) is 19.5. The predicted molar refractivity (Wildman–Crippen MR) is 110 cm³/mol. The van der Waals surface area contributed by atoms with Crippen molar-refractivity contribution in [3.05, 3.63) is 65.7 Å². The van der Waals surface area contributed by atoms with Gasteiger partial charge in [-0.3, -0.25) is 4.79 Å². The summed E-state index contributed by atoms with van der Waals surface area (Å²) >= 11 is 0. The molecule has 2 aliphatic rings. The van der Waals surface area contributed by atoms with Gasteiger partial charge in [-0.15, -0.1) is 0 Å². The third kappa shape index (κ3) is 3.88. The van der Waals surface area contributed by atoms with Gasteiger partial charge in [0.1, 0.15) is 0 Å². The molecule has 2 heterocycles. The van der Waals surface area contributed by atoms with Gasteiger partial charge in [0.05, 0.1) is 0 Å². The molecular formula is C23H27N3O2. The van der Waals surface area contributed by atoms with Crippen LogP contribution in [0.15, 0.2) is 54.6 Å². The molecule has 2 aromatic carbocycles. The minimum atomic E-state index is -0.0264. The molecule has 28 heavy (non-hydrogen) atoms. The van der Waals surface area contributed by atoms with Gasteiger partial charge in [-0.2, -0.15) is 0 Å². The summed E-state index contributed by atoms with van der Waals surface area (Å²) in [5.41, 5.74) is 2.61. The molecule has 4 rings (SSSR count). The predicted octanol–water partition coefficient (Wildman–Crippen LogP) is 4.34. The Hall–Kier alpha value is -2.82. The number of amides is 3. The van der Waals surface area contributed by atoms with Gasteiger partial charge in [-0.05, 0) is 62.8 Å². The standard InChI is InChI=1S/C23H27N3O2/c1-16-8-5-6-13-21(16)25-23(28)26-19-11-7-12-20(26)15-18(14-19)24-22(27)17-9-3-2-4-10-17/h2-6,8-10,13,18-20H,7,11-12,14-15H2,1H3,(H,24,27)(H,25,28)/t19-,20-/m1/s1. The van der Waals surface area contributed by atoms with E-state index in [9.17, 15) is 9.59 Å². The van der Waals surface area contributed by atoms with Crippen LogP contribution in [-0.2, 0) is 0 Å². The van der Waals surface area contributed by atoms with E-state index < -0.39 is 0 Å². The van der Waals surface area contributed by atoms with Gasteiger partial charge in [-0.25, -0.2) is 4.79 Å². The maximum Gasteiger partial charge on any atom is 0.322 e. The largest absolute Gasteiger partial charge is 0.349 e. The summed E-state index contributed by atoms with van der Waals surface area (Å²) in [4.78, 5) is 27.6. The van der Waals surface area contributed by atoms with Crippen molar-refractivity contribution in [1.29, 1.82) is 0 Å². The molecule has 0 spiro atoms. The maximum atomic E-state index is 13.0. The molecule has 0 unspecified atom stereocenters. The summed E-state index contributed by atoms with van der Waals surface area (Å²) in [6.45, 7) is 2.00. The minimum Gasteiger partial charge on any atom is -0.349 e. The Kier molecular flexibility index (Phi) is 5.33. The zero-order valence-electron chi connectivity index (χ0n) is 16.2. The number of carbonyl (C=O) groups is 2. The van der Waals surface area contributed by atoms with Gasteiger partial charge < -0.3 is 15.5 Å². The molecule has 5 nitrogen and oxygen atoms in total. The Morgan fingerprint density at radius 3 is 2.25 bits per heavy atom. The van der Waals surface area contributed by atoms with Crippen molar-refractivity contribution in [2.75, 3.05) is 5.32 Å².